The van der Waals surface area contributed by atoms with Crippen LogP contribution in [0.3, 0.4) is 0 Å². The summed E-state index contributed by atoms with van der Waals surface area (Å²) in [5.74, 6) is 0. The number of morpholine rings is 1. The first-order valence-corrected chi connectivity index (χ1v) is 6.87. The third-order valence-electron chi connectivity index (χ3n) is 3.41. The second kappa shape index (κ2) is 6.72. The van der Waals surface area contributed by atoms with Gasteiger partial charge >= 0.3 is 0 Å². The topological polar surface area (TPSA) is 21.7 Å². The Morgan fingerprint density at radius 3 is 2.12 bits per heavy atom. The Labute approximate surface area is 106 Å². The largest absolute Gasteiger partial charge is 0.384 e. The molecule has 17 heavy (non-hydrogen) atoms. The number of nitrogens with zero attached hydrogens (tertiary/aromatic N) is 1. The van der Waals surface area contributed by atoms with Crippen LogP contribution in [0.1, 0.15) is 40.5 Å². The fourth-order valence-electron chi connectivity index (χ4n) is 2.63. The Kier molecular flexibility index (Phi) is 5.90. The molecule has 3 nitrogen and oxygen atoms in total. The van der Waals surface area contributed by atoms with Gasteiger partial charge in [-0.2, -0.15) is 0 Å². The van der Waals surface area contributed by atoms with Crippen LogP contribution in [0.15, 0.2) is 0 Å². The van der Waals surface area contributed by atoms with E-state index in [0.29, 0.717) is 12.2 Å². The maximum absolute atomic E-state index is 6.02. The Hall–Kier alpha value is -0.120. The molecule has 0 saturated carbocycles. The molecule has 0 aromatic rings. The van der Waals surface area contributed by atoms with Crippen LogP contribution in [0.25, 0.3) is 0 Å². The van der Waals surface area contributed by atoms with E-state index >= 15 is 0 Å². The number of hydrogen-bond donors (Lipinski definition) is 0. The molecule has 2 atom stereocenters. The highest BCUT2D eigenvalue weighted by atomic mass is 16.5. The number of rotatable bonds is 6. The normalized spacial score (nSPS) is 27.4. The van der Waals surface area contributed by atoms with Crippen LogP contribution in [0.5, 0.6) is 0 Å². The zero-order valence-electron chi connectivity index (χ0n) is 12.2. The molecular weight excluding hydrogens is 214 g/mol. The molecule has 1 aliphatic rings. The fourth-order valence-corrected chi connectivity index (χ4v) is 2.63. The van der Waals surface area contributed by atoms with Crippen molar-refractivity contribution in [2.24, 2.45) is 5.41 Å². The average Bonchev–Trinajstić information content (AvgIpc) is 2.27. The van der Waals surface area contributed by atoms with Crippen molar-refractivity contribution in [2.75, 3.05) is 33.4 Å². The zero-order chi connectivity index (χ0) is 12.9. The monoisotopic (exact) mass is 243 g/mol. The molecule has 0 spiro atoms. The van der Waals surface area contributed by atoms with Gasteiger partial charge in [0.25, 0.3) is 0 Å². The molecule has 0 radical (unpaired) electrons. The number of methoxy groups -OCH3 is 1. The molecule has 0 aromatic heterocycles. The lowest BCUT2D eigenvalue weighted by atomic mass is 9.93. The van der Waals surface area contributed by atoms with Crippen molar-refractivity contribution in [1.29, 1.82) is 0 Å². The third kappa shape index (κ3) is 4.94. The number of hydrogen-bond acceptors (Lipinski definition) is 3. The lowest BCUT2D eigenvalue weighted by Gasteiger charge is -2.41. The Bertz CT molecular complexity index is 206. The van der Waals surface area contributed by atoms with Gasteiger partial charge in [-0.15, -0.1) is 0 Å². The maximum atomic E-state index is 6.02. The highest BCUT2D eigenvalue weighted by Crippen LogP contribution is 2.22. The Balaban J connectivity index is 2.51. The SMILES string of the molecule is CC[C@@H]1CN(CC(C)(C)COC)C[C@H](CC)O1. The third-order valence-corrected chi connectivity index (χ3v) is 3.41. The van der Waals surface area contributed by atoms with Gasteiger partial charge in [0, 0.05) is 32.2 Å². The van der Waals surface area contributed by atoms with Crippen molar-refractivity contribution in [1.82, 2.24) is 4.90 Å². The summed E-state index contributed by atoms with van der Waals surface area (Å²) in [6.07, 6.45) is 3.04. The molecule has 3 heteroatoms. The zero-order valence-corrected chi connectivity index (χ0v) is 12.2. The molecule has 0 bridgehead atoms. The van der Waals surface area contributed by atoms with Gasteiger partial charge in [-0.05, 0) is 12.8 Å². The predicted molar refractivity (Wildman–Crippen MR) is 71.3 cm³/mol. The Morgan fingerprint density at radius 1 is 1.18 bits per heavy atom. The summed E-state index contributed by atoms with van der Waals surface area (Å²) in [5.41, 5.74) is 0.225. The molecule has 0 aliphatic carbocycles. The minimum atomic E-state index is 0.225. The standard InChI is InChI=1S/C14H29NO2/c1-6-12-8-15(9-13(7-2)17-12)10-14(3,4)11-16-5/h12-13H,6-11H2,1-5H3/t12-,13+. The van der Waals surface area contributed by atoms with Gasteiger partial charge in [-0.3, -0.25) is 4.90 Å². The van der Waals surface area contributed by atoms with E-state index in [2.05, 4.69) is 32.6 Å². The number of ether oxygens (including phenoxy) is 2. The minimum absolute atomic E-state index is 0.225. The molecule has 0 aromatic carbocycles. The first-order valence-electron chi connectivity index (χ1n) is 6.87. The van der Waals surface area contributed by atoms with Gasteiger partial charge in [0.15, 0.2) is 0 Å². The summed E-state index contributed by atoms with van der Waals surface area (Å²) in [6.45, 7) is 13.0. The van der Waals surface area contributed by atoms with Crippen molar-refractivity contribution < 1.29 is 9.47 Å². The molecule has 0 amide bonds. The first kappa shape index (κ1) is 14.9. The van der Waals surface area contributed by atoms with E-state index in [4.69, 9.17) is 9.47 Å². The summed E-state index contributed by atoms with van der Waals surface area (Å²) < 4.78 is 11.3. The quantitative estimate of drug-likeness (QED) is 0.715. The van der Waals surface area contributed by atoms with E-state index < -0.39 is 0 Å². The summed E-state index contributed by atoms with van der Waals surface area (Å²) >= 11 is 0. The summed E-state index contributed by atoms with van der Waals surface area (Å²) in [4.78, 5) is 2.55. The maximum Gasteiger partial charge on any atom is 0.0703 e. The molecular formula is C14H29NO2. The van der Waals surface area contributed by atoms with Crippen LogP contribution >= 0.6 is 0 Å². The molecule has 1 heterocycles. The van der Waals surface area contributed by atoms with E-state index in [9.17, 15) is 0 Å². The summed E-state index contributed by atoms with van der Waals surface area (Å²) in [6, 6.07) is 0. The van der Waals surface area contributed by atoms with Gasteiger partial charge in [0.2, 0.25) is 0 Å². The molecule has 1 saturated heterocycles. The van der Waals surface area contributed by atoms with Crippen molar-refractivity contribution in [2.45, 2.75) is 52.7 Å². The smallest absolute Gasteiger partial charge is 0.0703 e. The summed E-state index contributed by atoms with van der Waals surface area (Å²) in [5, 5.41) is 0. The second-order valence-corrected chi connectivity index (χ2v) is 5.99. The second-order valence-electron chi connectivity index (χ2n) is 5.99. The fraction of sp³-hybridized carbons (Fsp3) is 1.00. The van der Waals surface area contributed by atoms with Gasteiger partial charge in [-0.1, -0.05) is 27.7 Å². The molecule has 1 aliphatic heterocycles. The lowest BCUT2D eigenvalue weighted by molar-refractivity contribution is -0.0967. The highest BCUT2D eigenvalue weighted by molar-refractivity contribution is 4.81. The van der Waals surface area contributed by atoms with Crippen molar-refractivity contribution in [3.05, 3.63) is 0 Å². The van der Waals surface area contributed by atoms with Crippen LogP contribution in [-0.4, -0.2) is 50.5 Å². The lowest BCUT2D eigenvalue weighted by Crippen LogP contribution is -2.50. The van der Waals surface area contributed by atoms with E-state index in [1.165, 1.54) is 0 Å². The van der Waals surface area contributed by atoms with Crippen LogP contribution in [0.4, 0.5) is 0 Å². The van der Waals surface area contributed by atoms with Gasteiger partial charge < -0.3 is 9.47 Å². The van der Waals surface area contributed by atoms with Gasteiger partial charge in [-0.25, -0.2) is 0 Å². The average molecular weight is 243 g/mol. The van der Waals surface area contributed by atoms with Gasteiger partial charge in [0.1, 0.15) is 0 Å². The van der Waals surface area contributed by atoms with Crippen LogP contribution < -0.4 is 0 Å². The van der Waals surface area contributed by atoms with Crippen molar-refractivity contribution in [3.8, 4) is 0 Å². The minimum Gasteiger partial charge on any atom is -0.384 e. The van der Waals surface area contributed by atoms with E-state index in [-0.39, 0.29) is 5.41 Å². The van der Waals surface area contributed by atoms with Crippen molar-refractivity contribution >= 4 is 0 Å². The first-order chi connectivity index (χ1) is 8.00. The Morgan fingerprint density at radius 2 is 1.71 bits per heavy atom. The molecule has 1 fully saturated rings. The predicted octanol–water partition coefficient (Wildman–Crippen LogP) is 2.55. The van der Waals surface area contributed by atoms with E-state index in [1.54, 1.807) is 7.11 Å². The summed E-state index contributed by atoms with van der Waals surface area (Å²) in [7, 11) is 1.78. The van der Waals surface area contributed by atoms with Crippen LogP contribution in [0, 0.1) is 5.41 Å². The van der Waals surface area contributed by atoms with E-state index in [1.807, 2.05) is 0 Å². The van der Waals surface area contributed by atoms with Crippen LogP contribution in [0.2, 0.25) is 0 Å². The molecule has 102 valence electrons. The molecule has 0 N–H and O–H groups in total. The van der Waals surface area contributed by atoms with E-state index in [0.717, 1.165) is 39.1 Å². The van der Waals surface area contributed by atoms with Crippen molar-refractivity contribution in [3.63, 3.8) is 0 Å². The molecule has 0 unspecified atom stereocenters. The molecule has 1 rings (SSSR count). The highest BCUT2D eigenvalue weighted by Gasteiger charge is 2.29. The van der Waals surface area contributed by atoms with Gasteiger partial charge in [0.05, 0.1) is 18.8 Å². The van der Waals surface area contributed by atoms with Crippen LogP contribution in [-0.2, 0) is 9.47 Å².